The highest BCUT2D eigenvalue weighted by molar-refractivity contribution is 6.08. The largest absolute Gasteiger partial charge is 0.405 e. The van der Waals surface area contributed by atoms with Crippen molar-refractivity contribution in [1.82, 2.24) is 0 Å². The van der Waals surface area contributed by atoms with Crippen LogP contribution in [0.2, 0.25) is 0 Å². The van der Waals surface area contributed by atoms with Crippen LogP contribution in [0.3, 0.4) is 0 Å². The normalized spacial score (nSPS) is 24.4. The van der Waals surface area contributed by atoms with Gasteiger partial charge in [-0.05, 0) is 24.1 Å². The maximum absolute atomic E-state index is 12.8. The standard InChI is InChI=1S/C20H16N2O4/c23-19-20(21-18(26-19)15-6-2-1-3-7-15)13-5-4-8-17(20)14-9-11-16(12-10-14)22(24)25/h1-7,9-12,17H,8,13H2/t17-,20-/m1/s1. The molecule has 0 aromatic heterocycles. The number of allylic oxidation sites excluding steroid dienone is 1. The van der Waals surface area contributed by atoms with Crippen molar-refractivity contribution in [2.45, 2.75) is 24.3 Å². The zero-order chi connectivity index (χ0) is 18.1. The predicted molar refractivity (Wildman–Crippen MR) is 96.0 cm³/mol. The number of benzene rings is 2. The summed E-state index contributed by atoms with van der Waals surface area (Å²) in [5.74, 6) is -0.260. The lowest BCUT2D eigenvalue weighted by molar-refractivity contribution is -0.384. The molecule has 0 N–H and O–H groups in total. The lowest BCUT2D eigenvalue weighted by Gasteiger charge is -2.33. The van der Waals surface area contributed by atoms with E-state index in [4.69, 9.17) is 9.73 Å². The minimum absolute atomic E-state index is 0.0247. The maximum atomic E-state index is 12.8. The summed E-state index contributed by atoms with van der Waals surface area (Å²) in [5, 5.41) is 10.9. The van der Waals surface area contributed by atoms with Gasteiger partial charge in [0.05, 0.1) is 4.92 Å². The van der Waals surface area contributed by atoms with Crippen molar-refractivity contribution < 1.29 is 14.5 Å². The number of carbonyl (C=O) groups excluding carboxylic acids is 1. The SMILES string of the molecule is O=C1OC(c2ccccc2)=N[C@@]12CC=CC[C@@H]2c1ccc([N+](=O)[O-])cc1. The third-order valence-electron chi connectivity index (χ3n) is 4.91. The van der Waals surface area contributed by atoms with Crippen molar-refractivity contribution in [2.75, 3.05) is 0 Å². The van der Waals surface area contributed by atoms with Crippen LogP contribution in [0.5, 0.6) is 0 Å². The summed E-state index contributed by atoms with van der Waals surface area (Å²) in [6.07, 6.45) is 5.03. The summed E-state index contributed by atoms with van der Waals surface area (Å²) in [6, 6.07) is 15.7. The first kappa shape index (κ1) is 16.2. The highest BCUT2D eigenvalue weighted by Gasteiger charge is 2.52. The van der Waals surface area contributed by atoms with Crippen molar-refractivity contribution in [2.24, 2.45) is 4.99 Å². The number of cyclic esters (lactones) is 1. The second-order valence-electron chi connectivity index (χ2n) is 6.41. The Hall–Kier alpha value is -3.28. The molecular weight excluding hydrogens is 332 g/mol. The Bertz CT molecular complexity index is 919. The number of carbonyl (C=O) groups is 1. The highest BCUT2D eigenvalue weighted by Crippen LogP contribution is 2.45. The molecule has 6 heteroatoms. The van der Waals surface area contributed by atoms with Gasteiger partial charge >= 0.3 is 5.97 Å². The second kappa shape index (κ2) is 6.22. The zero-order valence-electron chi connectivity index (χ0n) is 13.9. The average Bonchev–Trinajstić information content (AvgIpc) is 3.00. The van der Waals surface area contributed by atoms with E-state index >= 15 is 0 Å². The van der Waals surface area contributed by atoms with E-state index in [1.165, 1.54) is 12.1 Å². The van der Waals surface area contributed by atoms with Crippen molar-refractivity contribution in [1.29, 1.82) is 0 Å². The number of nitro benzene ring substituents is 1. The Morgan fingerprint density at radius 3 is 2.50 bits per heavy atom. The molecule has 0 amide bonds. The minimum Gasteiger partial charge on any atom is -0.405 e. The van der Waals surface area contributed by atoms with Crippen LogP contribution in [0.15, 0.2) is 71.7 Å². The van der Waals surface area contributed by atoms with E-state index in [2.05, 4.69) is 0 Å². The molecule has 0 saturated heterocycles. The summed E-state index contributed by atoms with van der Waals surface area (Å²) in [5.41, 5.74) is 0.608. The molecule has 2 aromatic carbocycles. The summed E-state index contributed by atoms with van der Waals surface area (Å²) >= 11 is 0. The Morgan fingerprint density at radius 1 is 1.08 bits per heavy atom. The van der Waals surface area contributed by atoms with E-state index in [1.807, 2.05) is 42.5 Å². The van der Waals surface area contributed by atoms with Gasteiger partial charge in [0.2, 0.25) is 5.90 Å². The predicted octanol–water partition coefficient (Wildman–Crippen LogP) is 3.77. The van der Waals surface area contributed by atoms with Crippen molar-refractivity contribution in [3.8, 4) is 0 Å². The number of rotatable bonds is 3. The number of hydrogen-bond acceptors (Lipinski definition) is 5. The van der Waals surface area contributed by atoms with Crippen LogP contribution in [0.4, 0.5) is 5.69 Å². The highest BCUT2D eigenvalue weighted by atomic mass is 16.6. The van der Waals surface area contributed by atoms with Gasteiger partial charge in [-0.1, -0.05) is 42.5 Å². The average molecular weight is 348 g/mol. The van der Waals surface area contributed by atoms with Gasteiger partial charge in [-0.2, -0.15) is 0 Å². The van der Waals surface area contributed by atoms with Gasteiger partial charge in [0, 0.05) is 30.0 Å². The molecular formula is C20H16N2O4. The van der Waals surface area contributed by atoms with Crippen LogP contribution in [-0.4, -0.2) is 22.3 Å². The molecule has 4 rings (SSSR count). The fourth-order valence-electron chi connectivity index (χ4n) is 3.55. The van der Waals surface area contributed by atoms with Gasteiger partial charge in [-0.25, -0.2) is 9.79 Å². The number of non-ortho nitro benzene ring substituents is 1. The third kappa shape index (κ3) is 2.60. The molecule has 1 spiro atoms. The topological polar surface area (TPSA) is 81.8 Å². The molecule has 2 aromatic rings. The van der Waals surface area contributed by atoms with E-state index in [-0.39, 0.29) is 17.6 Å². The first-order valence-corrected chi connectivity index (χ1v) is 8.37. The van der Waals surface area contributed by atoms with Crippen LogP contribution >= 0.6 is 0 Å². The molecule has 1 heterocycles. The van der Waals surface area contributed by atoms with E-state index in [9.17, 15) is 14.9 Å². The number of nitro groups is 1. The van der Waals surface area contributed by atoms with Crippen molar-refractivity contribution in [3.05, 3.63) is 88.0 Å². The fraction of sp³-hybridized carbons (Fsp3) is 0.200. The Labute approximate surface area is 150 Å². The van der Waals surface area contributed by atoms with Crippen LogP contribution in [0.25, 0.3) is 0 Å². The quantitative estimate of drug-likeness (QED) is 0.366. The lowest BCUT2D eigenvalue weighted by atomic mass is 9.73. The van der Waals surface area contributed by atoms with Crippen LogP contribution in [-0.2, 0) is 9.53 Å². The molecule has 6 nitrogen and oxygen atoms in total. The molecule has 0 fully saturated rings. The molecule has 130 valence electrons. The van der Waals surface area contributed by atoms with Crippen LogP contribution in [0.1, 0.15) is 29.9 Å². The first-order valence-electron chi connectivity index (χ1n) is 8.37. The molecule has 0 bridgehead atoms. The summed E-state index contributed by atoms with van der Waals surface area (Å²) in [4.78, 5) is 28.0. The summed E-state index contributed by atoms with van der Waals surface area (Å²) in [6.45, 7) is 0. The molecule has 2 aliphatic rings. The number of esters is 1. The fourth-order valence-corrected chi connectivity index (χ4v) is 3.55. The smallest absolute Gasteiger partial charge is 0.341 e. The number of aliphatic imine (C=N–C) groups is 1. The van der Waals surface area contributed by atoms with E-state index in [1.54, 1.807) is 12.1 Å². The van der Waals surface area contributed by atoms with Gasteiger partial charge < -0.3 is 4.74 Å². The van der Waals surface area contributed by atoms with Crippen molar-refractivity contribution >= 4 is 17.6 Å². The molecule has 0 saturated carbocycles. The van der Waals surface area contributed by atoms with Gasteiger partial charge in [0.1, 0.15) is 0 Å². The number of ether oxygens (including phenoxy) is 1. The zero-order valence-corrected chi connectivity index (χ0v) is 13.9. The second-order valence-corrected chi connectivity index (χ2v) is 6.41. The monoisotopic (exact) mass is 348 g/mol. The van der Waals surface area contributed by atoms with Crippen LogP contribution in [0, 0.1) is 10.1 Å². The Balaban J connectivity index is 1.75. The lowest BCUT2D eigenvalue weighted by Crippen LogP contribution is -2.41. The molecule has 2 atom stereocenters. The van der Waals surface area contributed by atoms with Gasteiger partial charge in [0.15, 0.2) is 5.54 Å². The Morgan fingerprint density at radius 2 is 1.81 bits per heavy atom. The van der Waals surface area contributed by atoms with Gasteiger partial charge in [-0.3, -0.25) is 10.1 Å². The maximum Gasteiger partial charge on any atom is 0.341 e. The van der Waals surface area contributed by atoms with Gasteiger partial charge in [0.25, 0.3) is 5.69 Å². The third-order valence-corrected chi connectivity index (χ3v) is 4.91. The van der Waals surface area contributed by atoms with E-state index < -0.39 is 10.5 Å². The molecule has 26 heavy (non-hydrogen) atoms. The van der Waals surface area contributed by atoms with Crippen LogP contribution < -0.4 is 0 Å². The molecule has 0 unspecified atom stereocenters. The van der Waals surface area contributed by atoms with E-state index in [0.717, 1.165) is 11.1 Å². The summed E-state index contributed by atoms with van der Waals surface area (Å²) < 4.78 is 5.52. The first-order chi connectivity index (χ1) is 12.6. The Kier molecular flexibility index (Phi) is 3.88. The number of hydrogen-bond donors (Lipinski definition) is 0. The minimum atomic E-state index is -1.02. The molecule has 1 aliphatic carbocycles. The van der Waals surface area contributed by atoms with Gasteiger partial charge in [-0.15, -0.1) is 0 Å². The molecule has 1 aliphatic heterocycles. The van der Waals surface area contributed by atoms with E-state index in [0.29, 0.717) is 18.7 Å². The summed E-state index contributed by atoms with van der Waals surface area (Å²) in [7, 11) is 0. The van der Waals surface area contributed by atoms with Crippen molar-refractivity contribution in [3.63, 3.8) is 0 Å². The number of nitrogens with zero attached hydrogens (tertiary/aromatic N) is 2. The molecule has 0 radical (unpaired) electrons.